The second-order valence-corrected chi connectivity index (χ2v) is 6.96. The summed E-state index contributed by atoms with van der Waals surface area (Å²) in [6, 6.07) is 20.6. The molecular formula is C24H23ClN2O3. The Morgan fingerprint density at radius 3 is 2.53 bits per heavy atom. The fraction of sp³-hybridized carbons (Fsp3) is 0.167. The molecule has 1 N–H and O–H groups in total. The molecule has 0 aliphatic carbocycles. The van der Waals surface area contributed by atoms with E-state index in [4.69, 9.17) is 21.1 Å². The highest BCUT2D eigenvalue weighted by Gasteiger charge is 2.13. The molecule has 0 bridgehead atoms. The lowest BCUT2D eigenvalue weighted by atomic mass is 10.1. The molecule has 0 heterocycles. The first kappa shape index (κ1) is 21.4. The van der Waals surface area contributed by atoms with Gasteiger partial charge >= 0.3 is 0 Å². The van der Waals surface area contributed by atoms with E-state index in [2.05, 4.69) is 10.5 Å². The van der Waals surface area contributed by atoms with E-state index in [0.717, 1.165) is 11.1 Å². The third kappa shape index (κ3) is 5.61. The van der Waals surface area contributed by atoms with Crippen molar-refractivity contribution in [2.45, 2.75) is 20.5 Å². The summed E-state index contributed by atoms with van der Waals surface area (Å²) in [7, 11) is 0. The second-order valence-electron chi connectivity index (χ2n) is 6.55. The van der Waals surface area contributed by atoms with Gasteiger partial charge in [0, 0.05) is 5.56 Å². The molecule has 30 heavy (non-hydrogen) atoms. The minimum atomic E-state index is -0.275. The number of amides is 1. The molecule has 3 aromatic rings. The van der Waals surface area contributed by atoms with E-state index in [1.54, 1.807) is 18.2 Å². The van der Waals surface area contributed by atoms with Crippen molar-refractivity contribution in [2.75, 3.05) is 6.61 Å². The number of aryl methyl sites for hydroxylation is 1. The highest BCUT2D eigenvalue weighted by atomic mass is 35.5. The number of halogens is 1. The number of nitrogens with zero attached hydrogens (tertiary/aromatic N) is 1. The number of ether oxygens (including phenoxy) is 2. The van der Waals surface area contributed by atoms with Gasteiger partial charge in [0.05, 0.1) is 17.8 Å². The molecule has 0 radical (unpaired) electrons. The van der Waals surface area contributed by atoms with Crippen LogP contribution in [0.3, 0.4) is 0 Å². The maximum atomic E-state index is 12.3. The monoisotopic (exact) mass is 422 g/mol. The van der Waals surface area contributed by atoms with Gasteiger partial charge in [-0.2, -0.15) is 5.10 Å². The number of carbonyl (C=O) groups is 1. The Hall–Kier alpha value is -3.31. The Bertz CT molecular complexity index is 1040. The van der Waals surface area contributed by atoms with Crippen LogP contribution < -0.4 is 14.9 Å². The highest BCUT2D eigenvalue weighted by molar-refractivity contribution is 6.32. The summed E-state index contributed by atoms with van der Waals surface area (Å²) in [5.41, 5.74) is 5.70. The van der Waals surface area contributed by atoms with Gasteiger partial charge < -0.3 is 9.47 Å². The van der Waals surface area contributed by atoms with Gasteiger partial charge in [0.2, 0.25) is 0 Å². The molecule has 0 atom stereocenters. The fourth-order valence-electron chi connectivity index (χ4n) is 2.85. The van der Waals surface area contributed by atoms with Crippen molar-refractivity contribution in [1.82, 2.24) is 5.43 Å². The van der Waals surface area contributed by atoms with E-state index in [0.29, 0.717) is 40.9 Å². The Balaban J connectivity index is 1.73. The van der Waals surface area contributed by atoms with Gasteiger partial charge in [-0.25, -0.2) is 5.43 Å². The summed E-state index contributed by atoms with van der Waals surface area (Å²) in [4.78, 5) is 12.3. The maximum absolute atomic E-state index is 12.3. The van der Waals surface area contributed by atoms with Gasteiger partial charge in [-0.15, -0.1) is 0 Å². The first-order chi connectivity index (χ1) is 14.6. The lowest BCUT2D eigenvalue weighted by Crippen LogP contribution is -2.18. The molecule has 0 aromatic heterocycles. The molecule has 0 saturated carbocycles. The Morgan fingerprint density at radius 2 is 1.80 bits per heavy atom. The van der Waals surface area contributed by atoms with Crippen LogP contribution in [0.2, 0.25) is 5.02 Å². The molecule has 6 heteroatoms. The van der Waals surface area contributed by atoms with Crippen molar-refractivity contribution >= 4 is 23.7 Å². The third-order valence-corrected chi connectivity index (χ3v) is 4.61. The lowest BCUT2D eigenvalue weighted by Gasteiger charge is -2.14. The van der Waals surface area contributed by atoms with Crippen LogP contribution in [0.4, 0.5) is 0 Å². The van der Waals surface area contributed by atoms with Crippen molar-refractivity contribution in [1.29, 1.82) is 0 Å². The molecule has 0 spiro atoms. The SMILES string of the molecule is CCOc1cc(/C=N\NC(=O)c2ccccc2C)cc(Cl)c1OCc1ccccc1. The Labute approximate surface area is 181 Å². The van der Waals surface area contributed by atoms with Crippen LogP contribution in [-0.2, 0) is 6.61 Å². The van der Waals surface area contributed by atoms with E-state index in [1.807, 2.05) is 62.4 Å². The van der Waals surface area contributed by atoms with Crippen LogP contribution in [0, 0.1) is 6.92 Å². The number of nitrogens with one attached hydrogen (secondary N) is 1. The summed E-state index contributed by atoms with van der Waals surface area (Å²) in [6.45, 7) is 4.60. The van der Waals surface area contributed by atoms with Crippen LogP contribution in [0.15, 0.2) is 71.8 Å². The predicted molar refractivity (Wildman–Crippen MR) is 120 cm³/mol. The number of hydrazone groups is 1. The summed E-state index contributed by atoms with van der Waals surface area (Å²) < 4.78 is 11.6. The Kier molecular flexibility index (Phi) is 7.46. The number of rotatable bonds is 8. The van der Waals surface area contributed by atoms with Crippen LogP contribution >= 0.6 is 11.6 Å². The van der Waals surface area contributed by atoms with Gasteiger partial charge in [-0.3, -0.25) is 4.79 Å². The maximum Gasteiger partial charge on any atom is 0.271 e. The summed E-state index contributed by atoms with van der Waals surface area (Å²) in [5, 5.41) is 4.45. The number of hydrogen-bond acceptors (Lipinski definition) is 4. The number of hydrogen-bond donors (Lipinski definition) is 1. The zero-order chi connectivity index (χ0) is 21.3. The molecular weight excluding hydrogens is 400 g/mol. The molecule has 154 valence electrons. The third-order valence-electron chi connectivity index (χ3n) is 4.33. The molecule has 5 nitrogen and oxygen atoms in total. The largest absolute Gasteiger partial charge is 0.490 e. The van der Waals surface area contributed by atoms with Crippen LogP contribution in [0.25, 0.3) is 0 Å². The Morgan fingerprint density at radius 1 is 1.07 bits per heavy atom. The average molecular weight is 423 g/mol. The standard InChI is InChI=1S/C24H23ClN2O3/c1-3-29-22-14-19(15-26-27-24(28)20-12-8-7-9-17(20)2)13-21(25)23(22)30-16-18-10-5-4-6-11-18/h4-15H,3,16H2,1-2H3,(H,27,28)/b26-15-. The summed E-state index contributed by atoms with van der Waals surface area (Å²) in [6.07, 6.45) is 1.52. The van der Waals surface area contributed by atoms with Crippen LogP contribution in [-0.4, -0.2) is 18.7 Å². The highest BCUT2D eigenvalue weighted by Crippen LogP contribution is 2.37. The molecule has 3 aromatic carbocycles. The van der Waals surface area contributed by atoms with E-state index in [1.165, 1.54) is 6.21 Å². The zero-order valence-electron chi connectivity index (χ0n) is 16.9. The van der Waals surface area contributed by atoms with Crippen molar-refractivity contribution in [2.24, 2.45) is 5.10 Å². The second kappa shape index (κ2) is 10.5. The van der Waals surface area contributed by atoms with E-state index >= 15 is 0 Å². The number of carbonyl (C=O) groups excluding carboxylic acids is 1. The zero-order valence-corrected chi connectivity index (χ0v) is 17.6. The smallest absolute Gasteiger partial charge is 0.271 e. The van der Waals surface area contributed by atoms with E-state index in [9.17, 15) is 4.79 Å². The minimum absolute atomic E-state index is 0.275. The predicted octanol–water partition coefficient (Wildman–Crippen LogP) is 5.39. The first-order valence-corrected chi connectivity index (χ1v) is 9.98. The molecule has 0 fully saturated rings. The number of benzene rings is 3. The van der Waals surface area contributed by atoms with Gasteiger partial charge in [-0.1, -0.05) is 60.1 Å². The van der Waals surface area contributed by atoms with Crippen molar-refractivity contribution in [3.05, 3.63) is 94.0 Å². The van der Waals surface area contributed by atoms with Crippen LogP contribution in [0.1, 0.15) is 34.0 Å². The van der Waals surface area contributed by atoms with Gasteiger partial charge in [0.25, 0.3) is 5.91 Å². The molecule has 1 amide bonds. The van der Waals surface area contributed by atoms with Gasteiger partial charge in [0.1, 0.15) is 6.61 Å². The van der Waals surface area contributed by atoms with Gasteiger partial charge in [-0.05, 0) is 48.7 Å². The summed E-state index contributed by atoms with van der Waals surface area (Å²) in [5.74, 6) is 0.722. The first-order valence-electron chi connectivity index (χ1n) is 9.60. The van der Waals surface area contributed by atoms with E-state index in [-0.39, 0.29) is 5.91 Å². The topological polar surface area (TPSA) is 59.9 Å². The van der Waals surface area contributed by atoms with Gasteiger partial charge in [0.15, 0.2) is 11.5 Å². The molecule has 0 unspecified atom stereocenters. The summed E-state index contributed by atoms with van der Waals surface area (Å²) >= 11 is 6.44. The molecule has 0 aliphatic heterocycles. The van der Waals surface area contributed by atoms with Crippen molar-refractivity contribution < 1.29 is 14.3 Å². The molecule has 0 saturated heterocycles. The van der Waals surface area contributed by atoms with Crippen molar-refractivity contribution in [3.63, 3.8) is 0 Å². The molecule has 3 rings (SSSR count). The minimum Gasteiger partial charge on any atom is -0.490 e. The fourth-order valence-corrected chi connectivity index (χ4v) is 3.12. The van der Waals surface area contributed by atoms with Crippen molar-refractivity contribution in [3.8, 4) is 11.5 Å². The normalized spacial score (nSPS) is 10.8. The average Bonchev–Trinajstić information content (AvgIpc) is 2.74. The molecule has 0 aliphatic rings. The van der Waals surface area contributed by atoms with E-state index < -0.39 is 0 Å². The quantitative estimate of drug-likeness (QED) is 0.391. The van der Waals surface area contributed by atoms with Crippen LogP contribution in [0.5, 0.6) is 11.5 Å². The lowest BCUT2D eigenvalue weighted by molar-refractivity contribution is 0.0954.